The molecule has 1 heterocycles. The van der Waals surface area contributed by atoms with Gasteiger partial charge in [0.15, 0.2) is 0 Å². The topological polar surface area (TPSA) is 50.2 Å². The first kappa shape index (κ1) is 16.2. The summed E-state index contributed by atoms with van der Waals surface area (Å²) in [5.74, 6) is -0.0452. The van der Waals surface area contributed by atoms with E-state index in [2.05, 4.69) is 22.5 Å². The molecule has 0 fully saturated rings. The first-order valence-corrected chi connectivity index (χ1v) is 7.50. The van der Waals surface area contributed by atoms with Gasteiger partial charge in [0.25, 0.3) is 5.91 Å². The molecular formula is C17H24N4O. The third kappa shape index (κ3) is 3.95. The van der Waals surface area contributed by atoms with Crippen molar-refractivity contribution in [2.75, 3.05) is 27.2 Å². The van der Waals surface area contributed by atoms with Gasteiger partial charge < -0.3 is 10.2 Å². The number of likely N-dealkylation sites (N-methyl/N-ethyl adjacent to an activating group) is 1. The molecule has 0 aliphatic carbocycles. The highest BCUT2D eigenvalue weighted by atomic mass is 16.1. The number of aryl methyl sites for hydroxylation is 1. The summed E-state index contributed by atoms with van der Waals surface area (Å²) in [4.78, 5) is 14.4. The molecule has 0 saturated carbocycles. The van der Waals surface area contributed by atoms with E-state index in [9.17, 15) is 4.79 Å². The fourth-order valence-electron chi connectivity index (χ4n) is 2.42. The lowest BCUT2D eigenvalue weighted by Gasteiger charge is -2.10. The van der Waals surface area contributed by atoms with Crippen LogP contribution < -0.4 is 5.32 Å². The zero-order valence-corrected chi connectivity index (χ0v) is 13.8. The average Bonchev–Trinajstić information content (AvgIpc) is 2.74. The highest BCUT2D eigenvalue weighted by Gasteiger charge is 2.18. The Bertz CT molecular complexity index is 632. The van der Waals surface area contributed by atoms with E-state index in [0.29, 0.717) is 18.7 Å². The van der Waals surface area contributed by atoms with Crippen LogP contribution in [0.3, 0.4) is 0 Å². The maximum absolute atomic E-state index is 12.4. The van der Waals surface area contributed by atoms with E-state index in [1.807, 2.05) is 55.7 Å². The third-order valence-electron chi connectivity index (χ3n) is 3.63. The molecule has 1 amide bonds. The number of carbonyl (C=O) groups excluding carboxylic acids is 1. The van der Waals surface area contributed by atoms with Crippen molar-refractivity contribution in [2.24, 2.45) is 0 Å². The molecule has 0 bridgehead atoms. The molecule has 1 aromatic heterocycles. The largest absolute Gasteiger partial charge is 0.351 e. The summed E-state index contributed by atoms with van der Waals surface area (Å²) in [6.45, 7) is 5.97. The van der Waals surface area contributed by atoms with Crippen molar-refractivity contribution in [2.45, 2.75) is 20.4 Å². The molecule has 0 saturated heterocycles. The van der Waals surface area contributed by atoms with Gasteiger partial charge in [-0.05, 0) is 33.5 Å². The molecule has 0 aliphatic heterocycles. The number of amides is 1. The number of hydrogen-bond donors (Lipinski definition) is 1. The normalized spacial score (nSPS) is 11.0. The lowest BCUT2D eigenvalue weighted by atomic mass is 10.1. The van der Waals surface area contributed by atoms with E-state index >= 15 is 0 Å². The van der Waals surface area contributed by atoms with E-state index in [0.717, 1.165) is 17.9 Å². The first-order chi connectivity index (χ1) is 10.5. The Kier molecular flexibility index (Phi) is 5.33. The average molecular weight is 300 g/mol. The van der Waals surface area contributed by atoms with E-state index in [1.165, 1.54) is 5.56 Å². The highest BCUT2D eigenvalue weighted by molar-refractivity contribution is 5.96. The van der Waals surface area contributed by atoms with Crippen molar-refractivity contribution in [1.29, 1.82) is 0 Å². The van der Waals surface area contributed by atoms with Crippen LogP contribution in [0.25, 0.3) is 0 Å². The van der Waals surface area contributed by atoms with Gasteiger partial charge in [-0.25, -0.2) is 0 Å². The molecule has 2 rings (SSSR count). The Balaban J connectivity index is 2.11. The minimum atomic E-state index is -0.0452. The molecule has 22 heavy (non-hydrogen) atoms. The molecule has 118 valence electrons. The van der Waals surface area contributed by atoms with Gasteiger partial charge >= 0.3 is 0 Å². The van der Waals surface area contributed by atoms with E-state index in [4.69, 9.17) is 0 Å². The molecular weight excluding hydrogens is 276 g/mol. The highest BCUT2D eigenvalue weighted by Crippen LogP contribution is 2.14. The van der Waals surface area contributed by atoms with E-state index in [-0.39, 0.29) is 5.91 Å². The molecule has 5 heteroatoms. The molecule has 1 N–H and O–H groups in total. The van der Waals surface area contributed by atoms with Crippen molar-refractivity contribution in [3.8, 4) is 0 Å². The van der Waals surface area contributed by atoms with Gasteiger partial charge in [0, 0.05) is 18.8 Å². The predicted molar refractivity (Wildman–Crippen MR) is 88.1 cm³/mol. The Morgan fingerprint density at radius 2 is 1.91 bits per heavy atom. The molecule has 1 aromatic carbocycles. The van der Waals surface area contributed by atoms with Crippen LogP contribution >= 0.6 is 0 Å². The smallest absolute Gasteiger partial charge is 0.255 e. The summed E-state index contributed by atoms with van der Waals surface area (Å²) in [6, 6.07) is 10.1. The summed E-state index contributed by atoms with van der Waals surface area (Å²) in [5, 5.41) is 7.47. The van der Waals surface area contributed by atoms with Crippen molar-refractivity contribution in [3.05, 3.63) is 52.8 Å². The second kappa shape index (κ2) is 7.22. The number of benzene rings is 1. The Labute approximate surface area is 131 Å². The number of aromatic nitrogens is 2. The third-order valence-corrected chi connectivity index (χ3v) is 3.63. The predicted octanol–water partition coefficient (Wildman–Crippen LogP) is 1.84. The van der Waals surface area contributed by atoms with Gasteiger partial charge in [0.2, 0.25) is 0 Å². The van der Waals surface area contributed by atoms with Crippen LogP contribution in [-0.4, -0.2) is 47.8 Å². The van der Waals surface area contributed by atoms with E-state index in [1.54, 1.807) is 0 Å². The first-order valence-electron chi connectivity index (χ1n) is 7.50. The van der Waals surface area contributed by atoms with Gasteiger partial charge in [-0.2, -0.15) is 5.10 Å². The van der Waals surface area contributed by atoms with Crippen LogP contribution in [0.1, 0.15) is 27.3 Å². The second-order valence-corrected chi connectivity index (χ2v) is 5.75. The van der Waals surface area contributed by atoms with Crippen LogP contribution in [0.4, 0.5) is 0 Å². The molecule has 0 unspecified atom stereocenters. The second-order valence-electron chi connectivity index (χ2n) is 5.75. The van der Waals surface area contributed by atoms with Crippen LogP contribution in [-0.2, 0) is 6.54 Å². The van der Waals surface area contributed by atoms with Crippen molar-refractivity contribution in [3.63, 3.8) is 0 Å². The Morgan fingerprint density at radius 3 is 2.55 bits per heavy atom. The maximum atomic E-state index is 12.4. The molecule has 2 aromatic rings. The minimum Gasteiger partial charge on any atom is -0.351 e. The lowest BCUT2D eigenvalue weighted by Crippen LogP contribution is -2.31. The summed E-state index contributed by atoms with van der Waals surface area (Å²) in [5.41, 5.74) is 3.54. The summed E-state index contributed by atoms with van der Waals surface area (Å²) in [6.07, 6.45) is 0. The zero-order chi connectivity index (χ0) is 16.1. The quantitative estimate of drug-likeness (QED) is 0.885. The maximum Gasteiger partial charge on any atom is 0.255 e. The minimum absolute atomic E-state index is 0.0452. The molecule has 0 atom stereocenters. The standard InChI is InChI=1S/C17H24N4O/c1-13-16(17(22)18-10-11-20(3)4)14(2)21(19-13)12-15-8-6-5-7-9-15/h5-9H,10-12H2,1-4H3,(H,18,22). The fraction of sp³-hybridized carbons (Fsp3) is 0.412. The van der Waals surface area contributed by atoms with Gasteiger partial charge in [0.1, 0.15) is 0 Å². The summed E-state index contributed by atoms with van der Waals surface area (Å²) < 4.78 is 1.89. The number of rotatable bonds is 6. The van der Waals surface area contributed by atoms with Gasteiger partial charge in [0.05, 0.1) is 17.8 Å². The van der Waals surface area contributed by atoms with Crippen molar-refractivity contribution < 1.29 is 4.79 Å². The fourth-order valence-corrected chi connectivity index (χ4v) is 2.42. The van der Waals surface area contributed by atoms with Crippen LogP contribution in [0, 0.1) is 13.8 Å². The Hall–Kier alpha value is -2.14. The number of carbonyl (C=O) groups is 1. The van der Waals surface area contributed by atoms with Crippen LogP contribution in [0.2, 0.25) is 0 Å². The molecule has 0 spiro atoms. The molecule has 0 radical (unpaired) electrons. The summed E-state index contributed by atoms with van der Waals surface area (Å²) in [7, 11) is 3.97. The lowest BCUT2D eigenvalue weighted by molar-refractivity contribution is 0.0949. The summed E-state index contributed by atoms with van der Waals surface area (Å²) >= 11 is 0. The van der Waals surface area contributed by atoms with Crippen LogP contribution in [0.15, 0.2) is 30.3 Å². The zero-order valence-electron chi connectivity index (χ0n) is 13.8. The van der Waals surface area contributed by atoms with Crippen LogP contribution in [0.5, 0.6) is 0 Å². The molecule has 5 nitrogen and oxygen atoms in total. The number of nitrogens with zero attached hydrogens (tertiary/aromatic N) is 3. The Morgan fingerprint density at radius 1 is 1.23 bits per heavy atom. The number of hydrogen-bond acceptors (Lipinski definition) is 3. The molecule has 0 aliphatic rings. The van der Waals surface area contributed by atoms with Crippen molar-refractivity contribution in [1.82, 2.24) is 20.0 Å². The van der Waals surface area contributed by atoms with Gasteiger partial charge in [-0.3, -0.25) is 9.48 Å². The van der Waals surface area contributed by atoms with Gasteiger partial charge in [-0.15, -0.1) is 0 Å². The monoisotopic (exact) mass is 300 g/mol. The number of nitrogens with one attached hydrogen (secondary N) is 1. The van der Waals surface area contributed by atoms with E-state index < -0.39 is 0 Å². The van der Waals surface area contributed by atoms with Crippen molar-refractivity contribution >= 4 is 5.91 Å². The SMILES string of the molecule is Cc1nn(Cc2ccccc2)c(C)c1C(=O)NCCN(C)C. The van der Waals surface area contributed by atoms with Gasteiger partial charge in [-0.1, -0.05) is 30.3 Å².